The Morgan fingerprint density at radius 2 is 1.50 bits per heavy atom. The first-order valence-corrected chi connectivity index (χ1v) is 8.19. The minimum atomic E-state index is 0.918. The molecule has 3 atom stereocenters. The molecule has 18 heavy (non-hydrogen) atoms. The van der Waals surface area contributed by atoms with Crippen molar-refractivity contribution in [2.75, 3.05) is 26.2 Å². The Hall–Kier alpha value is -0.0800. The Morgan fingerprint density at radius 1 is 0.833 bits per heavy atom. The van der Waals surface area contributed by atoms with Gasteiger partial charge in [0.1, 0.15) is 0 Å². The first-order chi connectivity index (χ1) is 8.77. The highest BCUT2D eigenvalue weighted by molar-refractivity contribution is 4.77. The highest BCUT2D eigenvalue weighted by Gasteiger charge is 2.23. The fourth-order valence-corrected chi connectivity index (χ4v) is 3.77. The minimum absolute atomic E-state index is 0.918. The molecule has 0 aromatic carbocycles. The van der Waals surface area contributed by atoms with Crippen LogP contribution in [-0.2, 0) is 0 Å². The Balaban J connectivity index is 1.66. The Kier molecular flexibility index (Phi) is 5.97. The van der Waals surface area contributed by atoms with Crippen molar-refractivity contribution in [2.45, 2.75) is 52.4 Å². The third-order valence-electron chi connectivity index (χ3n) is 5.41. The maximum absolute atomic E-state index is 3.56. The molecule has 2 rings (SSSR count). The summed E-state index contributed by atoms with van der Waals surface area (Å²) < 4.78 is 0. The molecule has 2 fully saturated rings. The molecular weight excluding hydrogens is 220 g/mol. The highest BCUT2D eigenvalue weighted by Crippen LogP contribution is 2.30. The van der Waals surface area contributed by atoms with Crippen molar-refractivity contribution in [1.82, 2.24) is 10.6 Å². The Morgan fingerprint density at radius 3 is 2.11 bits per heavy atom. The molecule has 0 aromatic rings. The fourth-order valence-electron chi connectivity index (χ4n) is 3.77. The van der Waals surface area contributed by atoms with Crippen LogP contribution in [0.3, 0.4) is 0 Å². The maximum atomic E-state index is 3.56. The van der Waals surface area contributed by atoms with Crippen LogP contribution in [0.25, 0.3) is 0 Å². The summed E-state index contributed by atoms with van der Waals surface area (Å²) in [5.74, 6) is 3.79. The van der Waals surface area contributed by atoms with E-state index in [1.807, 2.05) is 0 Å². The summed E-state index contributed by atoms with van der Waals surface area (Å²) in [6, 6.07) is 0. The molecular formula is C16H32N2. The predicted molar refractivity (Wildman–Crippen MR) is 78.7 cm³/mol. The summed E-state index contributed by atoms with van der Waals surface area (Å²) in [6.07, 6.45) is 8.54. The van der Waals surface area contributed by atoms with E-state index in [1.54, 1.807) is 0 Å². The summed E-state index contributed by atoms with van der Waals surface area (Å²) in [5.41, 5.74) is 0. The van der Waals surface area contributed by atoms with Gasteiger partial charge in [0.15, 0.2) is 0 Å². The molecule has 0 aromatic heterocycles. The van der Waals surface area contributed by atoms with E-state index >= 15 is 0 Å². The van der Waals surface area contributed by atoms with Crippen LogP contribution < -0.4 is 10.6 Å². The number of hydrogen-bond acceptors (Lipinski definition) is 2. The number of piperidine rings is 2. The van der Waals surface area contributed by atoms with Crippen LogP contribution in [0.1, 0.15) is 52.4 Å². The van der Waals surface area contributed by atoms with Crippen molar-refractivity contribution in [2.24, 2.45) is 23.7 Å². The third kappa shape index (κ3) is 4.24. The van der Waals surface area contributed by atoms with Gasteiger partial charge in [0.05, 0.1) is 0 Å². The van der Waals surface area contributed by atoms with E-state index < -0.39 is 0 Å². The maximum Gasteiger partial charge on any atom is -0.00180 e. The molecule has 2 heteroatoms. The minimum Gasteiger partial charge on any atom is -0.317 e. The van der Waals surface area contributed by atoms with Crippen LogP contribution in [0.2, 0.25) is 0 Å². The van der Waals surface area contributed by atoms with Gasteiger partial charge in [-0.3, -0.25) is 0 Å². The lowest BCUT2D eigenvalue weighted by molar-refractivity contribution is 0.217. The molecule has 0 saturated carbocycles. The molecule has 0 amide bonds. The van der Waals surface area contributed by atoms with Gasteiger partial charge < -0.3 is 10.6 Å². The summed E-state index contributed by atoms with van der Waals surface area (Å²) in [5, 5.41) is 7.04. The number of hydrogen-bond donors (Lipinski definition) is 2. The topological polar surface area (TPSA) is 24.1 Å². The summed E-state index contributed by atoms with van der Waals surface area (Å²) in [6.45, 7) is 9.97. The standard InChI is InChI=1S/C16H32N2/c1-13(15-7-10-17-11-8-15)5-6-14(2)16-4-3-9-18-12-16/h13-18H,3-12H2,1-2H3. The molecule has 106 valence electrons. The van der Waals surface area contributed by atoms with Gasteiger partial charge in [-0.2, -0.15) is 0 Å². The van der Waals surface area contributed by atoms with Gasteiger partial charge in [0, 0.05) is 0 Å². The normalized spacial score (nSPS) is 30.0. The van der Waals surface area contributed by atoms with Crippen molar-refractivity contribution in [3.8, 4) is 0 Å². The van der Waals surface area contributed by atoms with Crippen LogP contribution in [-0.4, -0.2) is 26.2 Å². The second kappa shape index (κ2) is 7.49. The van der Waals surface area contributed by atoms with Crippen molar-refractivity contribution >= 4 is 0 Å². The molecule has 2 aliphatic heterocycles. The highest BCUT2D eigenvalue weighted by atomic mass is 14.9. The molecule has 0 spiro atoms. The first kappa shape index (κ1) is 14.3. The lowest BCUT2D eigenvalue weighted by Gasteiger charge is -2.32. The van der Waals surface area contributed by atoms with Crippen molar-refractivity contribution in [3.63, 3.8) is 0 Å². The van der Waals surface area contributed by atoms with Crippen molar-refractivity contribution < 1.29 is 0 Å². The summed E-state index contributed by atoms with van der Waals surface area (Å²) in [4.78, 5) is 0. The second-order valence-electron chi connectivity index (χ2n) is 6.73. The zero-order valence-electron chi connectivity index (χ0n) is 12.4. The Bertz CT molecular complexity index is 193. The molecule has 2 aliphatic rings. The van der Waals surface area contributed by atoms with E-state index in [4.69, 9.17) is 0 Å². The van der Waals surface area contributed by atoms with Gasteiger partial charge in [-0.05, 0) is 75.5 Å². The van der Waals surface area contributed by atoms with Gasteiger partial charge in [0.2, 0.25) is 0 Å². The van der Waals surface area contributed by atoms with E-state index in [1.165, 1.54) is 64.7 Å². The van der Waals surface area contributed by atoms with E-state index in [-0.39, 0.29) is 0 Å². The van der Waals surface area contributed by atoms with Crippen LogP contribution in [0, 0.1) is 23.7 Å². The van der Waals surface area contributed by atoms with Gasteiger partial charge in [-0.15, -0.1) is 0 Å². The van der Waals surface area contributed by atoms with E-state index in [0.717, 1.165) is 23.7 Å². The summed E-state index contributed by atoms with van der Waals surface area (Å²) >= 11 is 0. The zero-order chi connectivity index (χ0) is 12.8. The molecule has 2 nitrogen and oxygen atoms in total. The molecule has 0 aliphatic carbocycles. The van der Waals surface area contributed by atoms with Crippen molar-refractivity contribution in [3.05, 3.63) is 0 Å². The van der Waals surface area contributed by atoms with Crippen LogP contribution >= 0.6 is 0 Å². The fraction of sp³-hybridized carbons (Fsp3) is 1.00. The molecule has 3 unspecified atom stereocenters. The monoisotopic (exact) mass is 252 g/mol. The second-order valence-corrected chi connectivity index (χ2v) is 6.73. The van der Waals surface area contributed by atoms with E-state index in [2.05, 4.69) is 24.5 Å². The zero-order valence-corrected chi connectivity index (χ0v) is 12.4. The molecule has 0 radical (unpaired) electrons. The largest absolute Gasteiger partial charge is 0.317 e. The van der Waals surface area contributed by atoms with E-state index in [9.17, 15) is 0 Å². The molecule has 2 saturated heterocycles. The third-order valence-corrected chi connectivity index (χ3v) is 5.41. The number of nitrogens with one attached hydrogen (secondary N) is 2. The number of rotatable bonds is 5. The van der Waals surface area contributed by atoms with Gasteiger partial charge in [-0.25, -0.2) is 0 Å². The van der Waals surface area contributed by atoms with Crippen molar-refractivity contribution in [1.29, 1.82) is 0 Å². The lowest BCUT2D eigenvalue weighted by Crippen LogP contribution is -2.34. The summed E-state index contributed by atoms with van der Waals surface area (Å²) in [7, 11) is 0. The average Bonchev–Trinajstić information content (AvgIpc) is 2.46. The lowest BCUT2D eigenvalue weighted by atomic mass is 9.79. The SMILES string of the molecule is CC(CCC(C)C1CCCNC1)C1CCNCC1. The first-order valence-electron chi connectivity index (χ1n) is 8.19. The van der Waals surface area contributed by atoms with Gasteiger partial charge in [0.25, 0.3) is 0 Å². The van der Waals surface area contributed by atoms with Gasteiger partial charge >= 0.3 is 0 Å². The van der Waals surface area contributed by atoms with Crippen LogP contribution in [0.4, 0.5) is 0 Å². The predicted octanol–water partition coefficient (Wildman–Crippen LogP) is 3.04. The molecule has 2 N–H and O–H groups in total. The smallest absolute Gasteiger partial charge is 0.00180 e. The average molecular weight is 252 g/mol. The molecule has 2 heterocycles. The quantitative estimate of drug-likeness (QED) is 0.786. The Labute approximate surface area is 113 Å². The van der Waals surface area contributed by atoms with Crippen LogP contribution in [0.5, 0.6) is 0 Å². The van der Waals surface area contributed by atoms with Gasteiger partial charge in [-0.1, -0.05) is 26.7 Å². The van der Waals surface area contributed by atoms with Crippen LogP contribution in [0.15, 0.2) is 0 Å². The molecule has 0 bridgehead atoms. The van der Waals surface area contributed by atoms with E-state index in [0.29, 0.717) is 0 Å².